The molecule has 2 amide bonds. The number of unbranched alkanes of at least 4 members (excludes halogenated alkanes) is 1. The molecule has 0 saturated carbocycles. The van der Waals surface area contributed by atoms with E-state index in [1.165, 1.54) is 0 Å². The van der Waals surface area contributed by atoms with Gasteiger partial charge in [-0.15, -0.1) is 0 Å². The van der Waals surface area contributed by atoms with E-state index in [1.807, 2.05) is 80.6 Å². The number of hydrogen-bond acceptors (Lipinski definition) is 3. The average Bonchev–Trinajstić information content (AvgIpc) is 2.89. The van der Waals surface area contributed by atoms with Gasteiger partial charge in [-0.25, -0.2) is 0 Å². The second kappa shape index (κ2) is 14.2. The van der Waals surface area contributed by atoms with Gasteiger partial charge in [-0.3, -0.25) is 9.59 Å². The molecule has 0 fully saturated rings. The van der Waals surface area contributed by atoms with Crippen molar-refractivity contribution < 1.29 is 14.3 Å². The zero-order valence-corrected chi connectivity index (χ0v) is 23.9. The van der Waals surface area contributed by atoms with Gasteiger partial charge in [-0.2, -0.15) is 0 Å². The Balaban J connectivity index is 1.89. The summed E-state index contributed by atoms with van der Waals surface area (Å²) >= 11 is 9.76. The highest BCUT2D eigenvalue weighted by Gasteiger charge is 2.30. The molecule has 1 atom stereocenters. The molecule has 0 spiro atoms. The quantitative estimate of drug-likeness (QED) is 0.242. The van der Waals surface area contributed by atoms with E-state index in [0.717, 1.165) is 39.6 Å². The van der Waals surface area contributed by atoms with Gasteiger partial charge in [0.1, 0.15) is 11.8 Å². The zero-order chi connectivity index (χ0) is 26.8. The van der Waals surface area contributed by atoms with Crippen LogP contribution in [0.2, 0.25) is 5.02 Å². The summed E-state index contributed by atoms with van der Waals surface area (Å²) in [6.07, 6.45) is 2.25. The number of amides is 2. The van der Waals surface area contributed by atoms with Crippen molar-refractivity contribution in [2.45, 2.75) is 52.6 Å². The number of ether oxygens (including phenoxy) is 1. The van der Waals surface area contributed by atoms with Gasteiger partial charge in [-0.1, -0.05) is 83.3 Å². The predicted octanol–water partition coefficient (Wildman–Crippen LogP) is 6.65. The fourth-order valence-electron chi connectivity index (χ4n) is 4.06. The largest absolute Gasteiger partial charge is 0.484 e. The van der Waals surface area contributed by atoms with E-state index in [2.05, 4.69) is 28.2 Å². The smallest absolute Gasteiger partial charge is 0.261 e. The van der Waals surface area contributed by atoms with Crippen LogP contribution in [0.25, 0.3) is 0 Å². The number of rotatable bonds is 12. The van der Waals surface area contributed by atoms with Gasteiger partial charge >= 0.3 is 0 Å². The molecule has 3 rings (SSSR count). The molecule has 37 heavy (non-hydrogen) atoms. The highest BCUT2D eigenvalue weighted by molar-refractivity contribution is 9.10. The van der Waals surface area contributed by atoms with Crippen molar-refractivity contribution in [1.82, 2.24) is 10.2 Å². The molecule has 0 aliphatic rings. The number of carbonyl (C=O) groups excluding carboxylic acids is 2. The second-order valence-electron chi connectivity index (χ2n) is 9.16. The molecule has 3 aromatic rings. The summed E-state index contributed by atoms with van der Waals surface area (Å²) in [6.45, 7) is 6.55. The van der Waals surface area contributed by atoms with Crippen LogP contribution in [0.1, 0.15) is 42.0 Å². The standard InChI is InChI=1S/C30H34BrClN2O3/c1-4-5-15-33-30(36)27(18-23-9-7-6-8-10-23)34(19-24-11-13-25(31)14-12-24)28(35)20-37-26-16-21(2)29(32)22(3)17-26/h6-14,16-17,27H,4-5,15,18-20H2,1-3H3,(H,33,36). The molecule has 0 bridgehead atoms. The van der Waals surface area contributed by atoms with Crippen LogP contribution < -0.4 is 10.1 Å². The van der Waals surface area contributed by atoms with E-state index in [0.29, 0.717) is 23.7 Å². The molecular formula is C30H34BrClN2O3. The van der Waals surface area contributed by atoms with E-state index in [9.17, 15) is 9.59 Å². The first kappa shape index (κ1) is 28.7. The number of hydrogen-bond donors (Lipinski definition) is 1. The van der Waals surface area contributed by atoms with Gasteiger partial charge in [0.2, 0.25) is 5.91 Å². The molecule has 7 heteroatoms. The first-order chi connectivity index (χ1) is 17.8. The highest BCUT2D eigenvalue weighted by Crippen LogP contribution is 2.26. The molecule has 0 aromatic heterocycles. The zero-order valence-electron chi connectivity index (χ0n) is 21.6. The Morgan fingerprint density at radius 1 is 1.00 bits per heavy atom. The van der Waals surface area contributed by atoms with E-state index < -0.39 is 6.04 Å². The monoisotopic (exact) mass is 584 g/mol. The summed E-state index contributed by atoms with van der Waals surface area (Å²) in [7, 11) is 0. The fraction of sp³-hybridized carbons (Fsp3) is 0.333. The number of carbonyl (C=O) groups is 2. The summed E-state index contributed by atoms with van der Waals surface area (Å²) in [5.74, 6) is 0.143. The fourth-order valence-corrected chi connectivity index (χ4v) is 4.44. The lowest BCUT2D eigenvalue weighted by molar-refractivity contribution is -0.142. The van der Waals surface area contributed by atoms with Gasteiger partial charge < -0.3 is 15.0 Å². The molecule has 3 aromatic carbocycles. The number of nitrogens with zero attached hydrogens (tertiary/aromatic N) is 1. The molecule has 0 radical (unpaired) electrons. The lowest BCUT2D eigenvalue weighted by atomic mass is 10.0. The normalized spacial score (nSPS) is 11.6. The lowest BCUT2D eigenvalue weighted by Gasteiger charge is -2.31. The minimum Gasteiger partial charge on any atom is -0.484 e. The highest BCUT2D eigenvalue weighted by atomic mass is 79.9. The van der Waals surface area contributed by atoms with Crippen molar-refractivity contribution in [3.63, 3.8) is 0 Å². The third-order valence-electron chi connectivity index (χ3n) is 6.14. The molecule has 1 N–H and O–H groups in total. The molecule has 196 valence electrons. The Morgan fingerprint density at radius 3 is 2.27 bits per heavy atom. The second-order valence-corrected chi connectivity index (χ2v) is 10.5. The third-order valence-corrected chi connectivity index (χ3v) is 7.26. The topological polar surface area (TPSA) is 58.6 Å². The summed E-state index contributed by atoms with van der Waals surface area (Å²) in [4.78, 5) is 28.8. The van der Waals surface area contributed by atoms with Crippen LogP contribution in [-0.2, 0) is 22.6 Å². The maximum Gasteiger partial charge on any atom is 0.261 e. The van der Waals surface area contributed by atoms with Gasteiger partial charge in [0.25, 0.3) is 5.91 Å². The first-order valence-electron chi connectivity index (χ1n) is 12.5. The summed E-state index contributed by atoms with van der Waals surface area (Å²) < 4.78 is 6.86. The lowest BCUT2D eigenvalue weighted by Crippen LogP contribution is -2.51. The Bertz CT molecular complexity index is 1160. The van der Waals surface area contributed by atoms with Crippen molar-refractivity contribution >= 4 is 39.3 Å². The molecular weight excluding hydrogens is 552 g/mol. The molecule has 5 nitrogen and oxygen atoms in total. The molecule has 0 saturated heterocycles. The molecule has 0 aliphatic carbocycles. The number of aryl methyl sites for hydroxylation is 2. The Kier molecular flexibility index (Phi) is 11.0. The van der Waals surface area contributed by atoms with Crippen molar-refractivity contribution in [2.24, 2.45) is 0 Å². The van der Waals surface area contributed by atoms with Crippen molar-refractivity contribution in [3.8, 4) is 5.75 Å². The van der Waals surface area contributed by atoms with Crippen LogP contribution in [0.15, 0.2) is 71.2 Å². The van der Waals surface area contributed by atoms with E-state index in [4.69, 9.17) is 16.3 Å². The minimum absolute atomic E-state index is 0.166. The summed E-state index contributed by atoms with van der Waals surface area (Å²) in [5, 5.41) is 3.72. The number of halogens is 2. The molecule has 1 unspecified atom stereocenters. The Hall–Kier alpha value is -2.83. The van der Waals surface area contributed by atoms with Gasteiger partial charge in [0, 0.05) is 29.0 Å². The van der Waals surface area contributed by atoms with Crippen molar-refractivity contribution in [3.05, 3.63) is 98.5 Å². The first-order valence-corrected chi connectivity index (χ1v) is 13.7. The SMILES string of the molecule is CCCCNC(=O)C(Cc1ccccc1)N(Cc1ccc(Br)cc1)C(=O)COc1cc(C)c(Cl)c(C)c1. The van der Waals surface area contributed by atoms with Gasteiger partial charge in [0.05, 0.1) is 0 Å². The minimum atomic E-state index is -0.687. The van der Waals surface area contributed by atoms with Crippen molar-refractivity contribution in [2.75, 3.05) is 13.2 Å². The van der Waals surface area contributed by atoms with Crippen LogP contribution in [0.5, 0.6) is 5.75 Å². The third kappa shape index (κ3) is 8.61. The average molecular weight is 586 g/mol. The predicted molar refractivity (Wildman–Crippen MR) is 153 cm³/mol. The van der Waals surface area contributed by atoms with Crippen LogP contribution in [0, 0.1) is 13.8 Å². The number of benzene rings is 3. The van der Waals surface area contributed by atoms with Gasteiger partial charge in [-0.05, 0) is 66.8 Å². The maximum absolute atomic E-state index is 13.7. The maximum atomic E-state index is 13.7. The molecule has 0 aliphatic heterocycles. The van der Waals surface area contributed by atoms with Crippen molar-refractivity contribution in [1.29, 1.82) is 0 Å². The summed E-state index contributed by atoms with van der Waals surface area (Å²) in [5.41, 5.74) is 3.67. The Labute approximate surface area is 233 Å². The van der Waals surface area contributed by atoms with Crippen LogP contribution in [-0.4, -0.2) is 35.9 Å². The van der Waals surface area contributed by atoms with E-state index >= 15 is 0 Å². The Morgan fingerprint density at radius 2 is 1.65 bits per heavy atom. The van der Waals surface area contributed by atoms with E-state index in [-0.39, 0.29) is 25.0 Å². The molecule has 0 heterocycles. The van der Waals surface area contributed by atoms with Crippen LogP contribution in [0.3, 0.4) is 0 Å². The van der Waals surface area contributed by atoms with Crippen LogP contribution >= 0.6 is 27.5 Å². The number of nitrogens with one attached hydrogen (secondary N) is 1. The van der Waals surface area contributed by atoms with Gasteiger partial charge in [0.15, 0.2) is 6.61 Å². The summed E-state index contributed by atoms with van der Waals surface area (Å²) in [6, 6.07) is 20.5. The van der Waals surface area contributed by atoms with E-state index in [1.54, 1.807) is 4.90 Å². The van der Waals surface area contributed by atoms with Crippen LogP contribution in [0.4, 0.5) is 0 Å².